The second-order valence-corrected chi connectivity index (χ2v) is 4.65. The van der Waals surface area contributed by atoms with Crippen LogP contribution in [0.1, 0.15) is 11.1 Å². The summed E-state index contributed by atoms with van der Waals surface area (Å²) in [5, 5.41) is 0. The van der Waals surface area contributed by atoms with Crippen molar-refractivity contribution in [3.63, 3.8) is 0 Å². The Morgan fingerprint density at radius 3 is 2.58 bits per heavy atom. The lowest BCUT2D eigenvalue weighted by Gasteiger charge is -2.18. The van der Waals surface area contributed by atoms with Gasteiger partial charge in [-0.2, -0.15) is 0 Å². The molecule has 0 atom stereocenters. The number of aromatic nitrogens is 1. The van der Waals surface area contributed by atoms with Crippen molar-refractivity contribution in [2.45, 2.75) is 13.5 Å². The highest BCUT2D eigenvalue weighted by atomic mass is 16.5. The molecule has 0 N–H and O–H groups in total. The van der Waals surface area contributed by atoms with E-state index < -0.39 is 0 Å². The first-order valence-corrected chi connectivity index (χ1v) is 6.51. The molecule has 19 heavy (non-hydrogen) atoms. The van der Waals surface area contributed by atoms with E-state index in [-0.39, 0.29) is 0 Å². The van der Waals surface area contributed by atoms with Gasteiger partial charge >= 0.3 is 0 Å². The minimum Gasteiger partial charge on any atom is -0.375 e. The molecule has 100 valence electrons. The van der Waals surface area contributed by atoms with Crippen molar-refractivity contribution in [1.82, 2.24) is 4.98 Å². The van der Waals surface area contributed by atoms with Crippen LogP contribution in [-0.2, 0) is 11.3 Å². The molecule has 3 nitrogen and oxygen atoms in total. The Balaban J connectivity index is 1.72. The SMILES string of the molecule is Cc1ccc(N(C)CCOCc2ccccc2)nc1. The first-order valence-electron chi connectivity index (χ1n) is 6.51. The molecule has 0 saturated heterocycles. The Labute approximate surface area is 114 Å². The molecule has 2 rings (SSSR count). The Morgan fingerprint density at radius 2 is 1.89 bits per heavy atom. The normalized spacial score (nSPS) is 10.4. The van der Waals surface area contributed by atoms with E-state index in [0.717, 1.165) is 12.4 Å². The number of hydrogen-bond donors (Lipinski definition) is 0. The number of benzene rings is 1. The number of ether oxygens (including phenoxy) is 1. The summed E-state index contributed by atoms with van der Waals surface area (Å²) in [5.41, 5.74) is 2.39. The van der Waals surface area contributed by atoms with Gasteiger partial charge < -0.3 is 9.64 Å². The smallest absolute Gasteiger partial charge is 0.128 e. The third-order valence-corrected chi connectivity index (χ3v) is 2.97. The second-order valence-electron chi connectivity index (χ2n) is 4.65. The molecular formula is C16H20N2O. The van der Waals surface area contributed by atoms with Crippen LogP contribution in [0.2, 0.25) is 0 Å². The standard InChI is InChI=1S/C16H20N2O/c1-14-8-9-16(17-12-14)18(2)10-11-19-13-15-6-4-3-5-7-15/h3-9,12H,10-11,13H2,1-2H3. The average Bonchev–Trinajstić information content (AvgIpc) is 2.45. The minimum absolute atomic E-state index is 0.663. The van der Waals surface area contributed by atoms with Crippen LogP contribution in [0.5, 0.6) is 0 Å². The number of aryl methyl sites for hydroxylation is 1. The van der Waals surface area contributed by atoms with Crippen molar-refractivity contribution >= 4 is 5.82 Å². The molecule has 1 aromatic carbocycles. The molecule has 0 radical (unpaired) electrons. The van der Waals surface area contributed by atoms with Crippen molar-refractivity contribution in [2.75, 3.05) is 25.1 Å². The molecule has 1 aromatic heterocycles. The van der Waals surface area contributed by atoms with Gasteiger partial charge in [-0.15, -0.1) is 0 Å². The Kier molecular flexibility index (Phi) is 4.93. The largest absolute Gasteiger partial charge is 0.375 e. The number of hydrogen-bond acceptors (Lipinski definition) is 3. The zero-order valence-electron chi connectivity index (χ0n) is 11.5. The van der Waals surface area contributed by atoms with Crippen LogP contribution in [0, 0.1) is 6.92 Å². The van der Waals surface area contributed by atoms with E-state index in [2.05, 4.69) is 28.1 Å². The predicted octanol–water partition coefficient (Wildman–Crippen LogP) is 3.04. The highest BCUT2D eigenvalue weighted by Gasteiger charge is 2.01. The number of pyridine rings is 1. The van der Waals surface area contributed by atoms with E-state index >= 15 is 0 Å². The fourth-order valence-corrected chi connectivity index (χ4v) is 1.77. The average molecular weight is 256 g/mol. The molecule has 1 heterocycles. The number of rotatable bonds is 6. The summed E-state index contributed by atoms with van der Waals surface area (Å²) in [6.07, 6.45) is 1.89. The van der Waals surface area contributed by atoms with Gasteiger partial charge in [0.1, 0.15) is 5.82 Å². The monoisotopic (exact) mass is 256 g/mol. The minimum atomic E-state index is 0.663. The summed E-state index contributed by atoms with van der Waals surface area (Å²) < 4.78 is 5.67. The van der Waals surface area contributed by atoms with E-state index in [4.69, 9.17) is 4.74 Å². The van der Waals surface area contributed by atoms with Crippen LogP contribution in [0.15, 0.2) is 48.7 Å². The third kappa shape index (κ3) is 4.38. The van der Waals surface area contributed by atoms with Crippen LogP contribution in [0.3, 0.4) is 0 Å². The Hall–Kier alpha value is -1.87. The van der Waals surface area contributed by atoms with Gasteiger partial charge in [-0.25, -0.2) is 4.98 Å². The maximum absolute atomic E-state index is 5.67. The molecule has 3 heteroatoms. The van der Waals surface area contributed by atoms with E-state index in [9.17, 15) is 0 Å². The van der Waals surface area contributed by atoms with Crippen molar-refractivity contribution in [1.29, 1.82) is 0 Å². The topological polar surface area (TPSA) is 25.4 Å². The van der Waals surface area contributed by atoms with E-state index in [0.29, 0.717) is 13.2 Å². The highest BCUT2D eigenvalue weighted by molar-refractivity contribution is 5.37. The summed E-state index contributed by atoms with van der Waals surface area (Å²) in [6.45, 7) is 4.24. The molecule has 0 bridgehead atoms. The Morgan fingerprint density at radius 1 is 1.11 bits per heavy atom. The molecule has 0 unspecified atom stereocenters. The third-order valence-electron chi connectivity index (χ3n) is 2.97. The molecule has 2 aromatic rings. The molecule has 0 aliphatic carbocycles. The number of likely N-dealkylation sites (N-methyl/N-ethyl adjacent to an activating group) is 1. The van der Waals surface area contributed by atoms with Gasteiger partial charge in [-0.3, -0.25) is 0 Å². The maximum atomic E-state index is 5.67. The lowest BCUT2D eigenvalue weighted by molar-refractivity contribution is 0.127. The van der Waals surface area contributed by atoms with E-state index in [1.165, 1.54) is 11.1 Å². The number of nitrogens with zero attached hydrogens (tertiary/aromatic N) is 2. The first-order chi connectivity index (χ1) is 9.25. The second kappa shape index (κ2) is 6.90. The van der Waals surface area contributed by atoms with Crippen molar-refractivity contribution in [3.8, 4) is 0 Å². The van der Waals surface area contributed by atoms with E-state index in [1.807, 2.05) is 44.4 Å². The molecule has 0 fully saturated rings. The van der Waals surface area contributed by atoms with Gasteiger partial charge in [-0.05, 0) is 24.1 Å². The quantitative estimate of drug-likeness (QED) is 0.743. The number of anilines is 1. The van der Waals surface area contributed by atoms with Crippen LogP contribution < -0.4 is 4.90 Å². The van der Waals surface area contributed by atoms with E-state index in [1.54, 1.807) is 0 Å². The molecule has 0 saturated carbocycles. The molecule has 0 aliphatic heterocycles. The van der Waals surface area contributed by atoms with Crippen LogP contribution in [0.25, 0.3) is 0 Å². The van der Waals surface area contributed by atoms with Gasteiger partial charge in [0, 0.05) is 19.8 Å². The highest BCUT2D eigenvalue weighted by Crippen LogP contribution is 2.08. The van der Waals surface area contributed by atoms with Crippen molar-refractivity contribution < 1.29 is 4.74 Å². The summed E-state index contributed by atoms with van der Waals surface area (Å²) in [7, 11) is 2.03. The van der Waals surface area contributed by atoms with Gasteiger partial charge in [-0.1, -0.05) is 36.4 Å². The van der Waals surface area contributed by atoms with Crippen LogP contribution >= 0.6 is 0 Å². The van der Waals surface area contributed by atoms with Crippen molar-refractivity contribution in [3.05, 3.63) is 59.8 Å². The summed E-state index contributed by atoms with van der Waals surface area (Å²) in [6, 6.07) is 14.3. The lowest BCUT2D eigenvalue weighted by Crippen LogP contribution is -2.23. The summed E-state index contributed by atoms with van der Waals surface area (Å²) in [5.74, 6) is 0.980. The zero-order valence-corrected chi connectivity index (χ0v) is 11.5. The Bertz CT molecular complexity index is 482. The molecule has 0 amide bonds. The lowest BCUT2D eigenvalue weighted by atomic mass is 10.2. The van der Waals surface area contributed by atoms with Gasteiger partial charge in [0.05, 0.1) is 13.2 Å². The van der Waals surface area contributed by atoms with Crippen LogP contribution in [-0.4, -0.2) is 25.2 Å². The van der Waals surface area contributed by atoms with Gasteiger partial charge in [0.25, 0.3) is 0 Å². The first kappa shape index (κ1) is 13.6. The van der Waals surface area contributed by atoms with Gasteiger partial charge in [0.15, 0.2) is 0 Å². The fourth-order valence-electron chi connectivity index (χ4n) is 1.77. The van der Waals surface area contributed by atoms with Crippen LogP contribution in [0.4, 0.5) is 5.82 Å². The molecular weight excluding hydrogens is 236 g/mol. The van der Waals surface area contributed by atoms with Gasteiger partial charge in [0.2, 0.25) is 0 Å². The molecule has 0 aliphatic rings. The van der Waals surface area contributed by atoms with Crippen molar-refractivity contribution in [2.24, 2.45) is 0 Å². The fraction of sp³-hybridized carbons (Fsp3) is 0.312. The zero-order chi connectivity index (χ0) is 13.5. The molecule has 0 spiro atoms. The summed E-state index contributed by atoms with van der Waals surface area (Å²) in [4.78, 5) is 6.49. The predicted molar refractivity (Wildman–Crippen MR) is 78.3 cm³/mol. The maximum Gasteiger partial charge on any atom is 0.128 e. The summed E-state index contributed by atoms with van der Waals surface area (Å²) >= 11 is 0.